The number of nitrogen functional groups attached to an aromatic ring is 1. The van der Waals surface area contributed by atoms with E-state index in [1.165, 1.54) is 24.9 Å². The summed E-state index contributed by atoms with van der Waals surface area (Å²) in [5.41, 5.74) is 6.05. The van der Waals surface area contributed by atoms with Crippen LogP contribution in [0.25, 0.3) is 0 Å². The van der Waals surface area contributed by atoms with Crippen LogP contribution in [0.1, 0.15) is 0 Å². The summed E-state index contributed by atoms with van der Waals surface area (Å²) in [5, 5.41) is 0. The fraction of sp³-hybridized carbons (Fsp3) is 0.0769. The first-order chi connectivity index (χ1) is 9.03. The normalized spacial score (nSPS) is 11.4. The first-order valence-corrected chi connectivity index (χ1v) is 7.89. The van der Waals surface area contributed by atoms with Crippen molar-refractivity contribution in [2.24, 2.45) is 0 Å². The third-order valence-corrected chi connectivity index (χ3v) is 5.00. The Balaban J connectivity index is 2.30. The van der Waals surface area contributed by atoms with E-state index in [0.29, 0.717) is 0 Å². The monoisotopic (exact) mass is 294 g/mol. The molecular weight excluding hydrogens is 280 g/mol. The zero-order valence-electron chi connectivity index (χ0n) is 10.3. The van der Waals surface area contributed by atoms with Crippen molar-refractivity contribution >= 4 is 27.5 Å². The number of hydrogen-bond donors (Lipinski definition) is 2. The van der Waals surface area contributed by atoms with Crippen molar-refractivity contribution in [3.8, 4) is 0 Å². The third kappa shape index (κ3) is 3.28. The van der Waals surface area contributed by atoms with Crippen molar-refractivity contribution in [1.29, 1.82) is 0 Å². The fourth-order valence-corrected chi connectivity index (χ4v) is 3.29. The van der Waals surface area contributed by atoms with Gasteiger partial charge in [0.1, 0.15) is 4.90 Å². The summed E-state index contributed by atoms with van der Waals surface area (Å²) in [4.78, 5) is 2.08. The molecule has 100 valence electrons. The van der Waals surface area contributed by atoms with E-state index < -0.39 is 10.0 Å². The van der Waals surface area contributed by atoms with Gasteiger partial charge in [0.05, 0.1) is 5.69 Å². The van der Waals surface area contributed by atoms with Gasteiger partial charge in [-0.3, -0.25) is 0 Å². The van der Waals surface area contributed by atoms with E-state index in [1.807, 2.05) is 30.3 Å². The molecule has 0 saturated carbocycles. The second-order valence-corrected chi connectivity index (χ2v) is 6.82. The van der Waals surface area contributed by atoms with Crippen molar-refractivity contribution in [3.63, 3.8) is 0 Å². The van der Waals surface area contributed by atoms with Gasteiger partial charge in [0, 0.05) is 9.79 Å². The first-order valence-electron chi connectivity index (χ1n) is 5.59. The van der Waals surface area contributed by atoms with Crippen LogP contribution in [0.5, 0.6) is 0 Å². The van der Waals surface area contributed by atoms with Crippen molar-refractivity contribution in [3.05, 3.63) is 48.5 Å². The molecule has 0 amide bonds. The average Bonchev–Trinajstić information content (AvgIpc) is 2.39. The molecule has 2 aromatic rings. The zero-order valence-corrected chi connectivity index (χ0v) is 12.0. The van der Waals surface area contributed by atoms with E-state index >= 15 is 0 Å². The van der Waals surface area contributed by atoms with Crippen LogP contribution in [0, 0.1) is 0 Å². The molecule has 0 radical (unpaired) electrons. The number of hydrogen-bond acceptors (Lipinski definition) is 4. The number of sulfonamides is 1. The Morgan fingerprint density at radius 1 is 1.05 bits per heavy atom. The van der Waals surface area contributed by atoms with Gasteiger partial charge in [-0.25, -0.2) is 13.1 Å². The lowest BCUT2D eigenvalue weighted by molar-refractivity contribution is 0.588. The minimum atomic E-state index is -3.50. The summed E-state index contributed by atoms with van der Waals surface area (Å²) in [6.07, 6.45) is 0. The standard InChI is InChI=1S/C13H14N2O2S2/c1-15-19(16,17)13-8-7-11(9-12(13)14)18-10-5-3-2-4-6-10/h2-9,15H,14H2,1H3. The molecule has 0 heterocycles. The SMILES string of the molecule is CNS(=O)(=O)c1ccc(Sc2ccccc2)cc1N. The van der Waals surface area contributed by atoms with Gasteiger partial charge >= 0.3 is 0 Å². The molecule has 0 aliphatic carbocycles. The summed E-state index contributed by atoms with van der Waals surface area (Å²) >= 11 is 1.53. The number of rotatable bonds is 4. The smallest absolute Gasteiger partial charge is 0.242 e. The highest BCUT2D eigenvalue weighted by Gasteiger charge is 2.15. The van der Waals surface area contributed by atoms with Gasteiger partial charge in [-0.2, -0.15) is 0 Å². The van der Waals surface area contributed by atoms with Crippen LogP contribution >= 0.6 is 11.8 Å². The molecule has 6 heteroatoms. The Bertz CT molecular complexity index is 670. The van der Waals surface area contributed by atoms with Gasteiger partial charge in [0.2, 0.25) is 10.0 Å². The van der Waals surface area contributed by atoms with Gasteiger partial charge in [0.25, 0.3) is 0 Å². The molecular formula is C13H14N2O2S2. The minimum absolute atomic E-state index is 0.104. The predicted octanol–water partition coefficient (Wildman–Crippen LogP) is 2.33. The highest BCUT2D eigenvalue weighted by atomic mass is 32.2. The topological polar surface area (TPSA) is 72.2 Å². The Morgan fingerprint density at radius 3 is 2.32 bits per heavy atom. The fourth-order valence-electron chi connectivity index (χ4n) is 1.57. The second-order valence-electron chi connectivity index (χ2n) is 3.82. The van der Waals surface area contributed by atoms with E-state index in [0.717, 1.165) is 9.79 Å². The molecule has 0 aromatic heterocycles. The van der Waals surface area contributed by atoms with Crippen LogP contribution in [0.15, 0.2) is 63.2 Å². The van der Waals surface area contributed by atoms with Crippen molar-refractivity contribution in [2.45, 2.75) is 14.7 Å². The van der Waals surface area contributed by atoms with Gasteiger partial charge in [-0.1, -0.05) is 30.0 Å². The quantitative estimate of drug-likeness (QED) is 0.849. The van der Waals surface area contributed by atoms with Crippen LogP contribution < -0.4 is 10.5 Å². The van der Waals surface area contributed by atoms with Crippen LogP contribution in [0.4, 0.5) is 5.69 Å². The summed E-state index contributed by atoms with van der Waals surface area (Å²) in [6, 6.07) is 14.8. The molecule has 0 fully saturated rings. The van der Waals surface area contributed by atoms with Crippen LogP contribution in [0.2, 0.25) is 0 Å². The van der Waals surface area contributed by atoms with E-state index in [4.69, 9.17) is 5.73 Å². The average molecular weight is 294 g/mol. The van der Waals surface area contributed by atoms with Crippen LogP contribution in [0.3, 0.4) is 0 Å². The number of nitrogens with two attached hydrogens (primary N) is 1. The third-order valence-electron chi connectivity index (χ3n) is 2.52. The number of benzene rings is 2. The molecule has 2 aromatic carbocycles. The van der Waals surface area contributed by atoms with E-state index in [1.54, 1.807) is 12.1 Å². The first kappa shape index (κ1) is 13.9. The molecule has 2 rings (SSSR count). The van der Waals surface area contributed by atoms with E-state index in [-0.39, 0.29) is 10.6 Å². The Kier molecular flexibility index (Phi) is 4.14. The Morgan fingerprint density at radius 2 is 1.74 bits per heavy atom. The second kappa shape index (κ2) is 5.64. The maximum atomic E-state index is 11.7. The van der Waals surface area contributed by atoms with Crippen molar-refractivity contribution in [1.82, 2.24) is 4.72 Å². The van der Waals surface area contributed by atoms with Gasteiger partial charge in [0.15, 0.2) is 0 Å². The molecule has 0 spiro atoms. The van der Waals surface area contributed by atoms with Gasteiger partial charge in [-0.05, 0) is 37.4 Å². The van der Waals surface area contributed by atoms with E-state index in [2.05, 4.69) is 4.72 Å². The molecule has 0 bridgehead atoms. The molecule has 0 unspecified atom stereocenters. The van der Waals surface area contributed by atoms with Crippen LogP contribution in [-0.2, 0) is 10.0 Å². The minimum Gasteiger partial charge on any atom is -0.398 e. The molecule has 0 atom stereocenters. The number of nitrogens with one attached hydrogen (secondary N) is 1. The molecule has 19 heavy (non-hydrogen) atoms. The Hall–Kier alpha value is -1.50. The van der Waals surface area contributed by atoms with E-state index in [9.17, 15) is 8.42 Å². The summed E-state index contributed by atoms with van der Waals surface area (Å²) in [5.74, 6) is 0. The highest BCUT2D eigenvalue weighted by molar-refractivity contribution is 7.99. The Labute approximate surface area is 117 Å². The van der Waals surface area contributed by atoms with Crippen LogP contribution in [-0.4, -0.2) is 15.5 Å². The predicted molar refractivity (Wildman–Crippen MR) is 77.7 cm³/mol. The van der Waals surface area contributed by atoms with Crippen molar-refractivity contribution < 1.29 is 8.42 Å². The molecule has 0 saturated heterocycles. The van der Waals surface area contributed by atoms with Gasteiger partial charge in [-0.15, -0.1) is 0 Å². The number of anilines is 1. The summed E-state index contributed by atoms with van der Waals surface area (Å²) in [6.45, 7) is 0. The maximum Gasteiger partial charge on any atom is 0.242 e. The highest BCUT2D eigenvalue weighted by Crippen LogP contribution is 2.30. The molecule has 0 aliphatic rings. The zero-order chi connectivity index (χ0) is 13.9. The lowest BCUT2D eigenvalue weighted by Gasteiger charge is -2.08. The van der Waals surface area contributed by atoms with Gasteiger partial charge < -0.3 is 5.73 Å². The molecule has 3 N–H and O–H groups in total. The van der Waals surface area contributed by atoms with Crippen molar-refractivity contribution in [2.75, 3.05) is 12.8 Å². The lowest BCUT2D eigenvalue weighted by atomic mass is 10.3. The molecule has 4 nitrogen and oxygen atoms in total. The maximum absolute atomic E-state index is 11.7. The largest absolute Gasteiger partial charge is 0.398 e. The summed E-state index contributed by atoms with van der Waals surface area (Å²) < 4.78 is 25.6. The molecule has 0 aliphatic heterocycles. The lowest BCUT2D eigenvalue weighted by Crippen LogP contribution is -2.19. The summed E-state index contributed by atoms with van der Waals surface area (Å²) in [7, 11) is -2.14.